The van der Waals surface area contributed by atoms with Crippen molar-refractivity contribution in [2.24, 2.45) is 0 Å². The zero-order valence-corrected chi connectivity index (χ0v) is 22.6. The van der Waals surface area contributed by atoms with Crippen LogP contribution in [0.15, 0.2) is 54.1 Å². The molecular formula is C29H30N2O6S. The quantitative estimate of drug-likeness (QED) is 0.125. The van der Waals surface area contributed by atoms with E-state index in [1.54, 1.807) is 31.2 Å². The monoisotopic (exact) mass is 534 g/mol. The van der Waals surface area contributed by atoms with Gasteiger partial charge in [0.2, 0.25) is 0 Å². The molecule has 0 spiro atoms. The second-order valence-corrected chi connectivity index (χ2v) is 9.87. The van der Waals surface area contributed by atoms with Crippen molar-refractivity contribution in [1.29, 1.82) is 0 Å². The van der Waals surface area contributed by atoms with Crippen LogP contribution >= 0.6 is 11.3 Å². The number of anilines is 1. The van der Waals surface area contributed by atoms with E-state index >= 15 is 0 Å². The van der Waals surface area contributed by atoms with Gasteiger partial charge in [0.05, 0.1) is 31.0 Å². The molecule has 4 rings (SSSR count). The molecule has 0 saturated carbocycles. The van der Waals surface area contributed by atoms with Crippen molar-refractivity contribution < 1.29 is 29.0 Å². The molecule has 0 aliphatic carbocycles. The normalized spacial score (nSPS) is 16.6. The molecule has 2 aromatic carbocycles. The molecule has 1 fully saturated rings. The SMILES string of the molecule is CCCCOc1cccc(/C(O)=C2\C(=O)C(=O)N(c3nc(C)c(C(=O)OC)s3)C2c2ccc(CC)cc2)c1. The Morgan fingerprint density at radius 3 is 2.53 bits per heavy atom. The van der Waals surface area contributed by atoms with Crippen LogP contribution in [0.4, 0.5) is 5.13 Å². The molecule has 1 aliphatic heterocycles. The molecule has 38 heavy (non-hydrogen) atoms. The van der Waals surface area contributed by atoms with Crippen molar-refractivity contribution in [2.45, 2.75) is 46.1 Å². The van der Waals surface area contributed by atoms with E-state index in [0.717, 1.165) is 36.2 Å². The van der Waals surface area contributed by atoms with Crippen LogP contribution in [0, 0.1) is 6.92 Å². The number of amides is 1. The summed E-state index contributed by atoms with van der Waals surface area (Å²) >= 11 is 0.968. The Hall–Kier alpha value is -3.98. The Labute approximate surface area is 225 Å². The summed E-state index contributed by atoms with van der Waals surface area (Å²) in [7, 11) is 1.27. The summed E-state index contributed by atoms with van der Waals surface area (Å²) in [5.41, 5.74) is 2.40. The van der Waals surface area contributed by atoms with Gasteiger partial charge >= 0.3 is 11.9 Å². The molecule has 1 saturated heterocycles. The number of nitrogens with zero attached hydrogens (tertiary/aromatic N) is 2. The Balaban J connectivity index is 1.86. The fourth-order valence-corrected chi connectivity index (χ4v) is 5.28. The zero-order chi connectivity index (χ0) is 27.4. The average Bonchev–Trinajstić information content (AvgIpc) is 3.44. The number of ketones is 1. The van der Waals surface area contributed by atoms with Gasteiger partial charge in [0.25, 0.3) is 5.78 Å². The van der Waals surface area contributed by atoms with Crippen molar-refractivity contribution in [3.05, 3.63) is 81.4 Å². The van der Waals surface area contributed by atoms with Gasteiger partial charge in [-0.2, -0.15) is 0 Å². The number of ether oxygens (including phenoxy) is 2. The second-order valence-electron chi connectivity index (χ2n) is 8.90. The first-order chi connectivity index (χ1) is 18.3. The van der Waals surface area contributed by atoms with E-state index in [0.29, 0.717) is 29.2 Å². The lowest BCUT2D eigenvalue weighted by Crippen LogP contribution is -2.29. The van der Waals surface area contributed by atoms with Crippen LogP contribution in [0.5, 0.6) is 5.75 Å². The fourth-order valence-electron chi connectivity index (χ4n) is 4.27. The highest BCUT2D eigenvalue weighted by atomic mass is 32.1. The lowest BCUT2D eigenvalue weighted by Gasteiger charge is -2.23. The number of aryl methyl sites for hydroxylation is 2. The number of aliphatic hydroxyl groups excluding tert-OH is 1. The lowest BCUT2D eigenvalue weighted by molar-refractivity contribution is -0.132. The van der Waals surface area contributed by atoms with E-state index in [4.69, 9.17) is 9.47 Å². The Morgan fingerprint density at radius 1 is 1.13 bits per heavy atom. The third kappa shape index (κ3) is 5.19. The van der Waals surface area contributed by atoms with Gasteiger partial charge in [-0.05, 0) is 43.0 Å². The number of thiazole rings is 1. The third-order valence-corrected chi connectivity index (χ3v) is 7.52. The number of rotatable bonds is 9. The summed E-state index contributed by atoms with van der Waals surface area (Å²) in [5, 5.41) is 11.6. The summed E-state index contributed by atoms with van der Waals surface area (Å²) in [6, 6.07) is 13.4. The van der Waals surface area contributed by atoms with Crippen LogP contribution < -0.4 is 9.64 Å². The van der Waals surface area contributed by atoms with Crippen LogP contribution in [-0.2, 0) is 20.7 Å². The van der Waals surface area contributed by atoms with Gasteiger partial charge in [0.15, 0.2) is 5.13 Å². The molecule has 1 atom stereocenters. The van der Waals surface area contributed by atoms with Crippen LogP contribution in [-0.4, -0.2) is 41.5 Å². The van der Waals surface area contributed by atoms with E-state index in [1.165, 1.54) is 12.0 Å². The molecule has 1 N–H and O–H groups in total. The van der Waals surface area contributed by atoms with E-state index in [2.05, 4.69) is 11.9 Å². The highest BCUT2D eigenvalue weighted by molar-refractivity contribution is 7.17. The molecule has 8 nitrogen and oxygen atoms in total. The summed E-state index contributed by atoms with van der Waals surface area (Å²) in [6.45, 7) is 6.26. The van der Waals surface area contributed by atoms with E-state index in [1.807, 2.05) is 31.2 Å². The maximum atomic E-state index is 13.4. The van der Waals surface area contributed by atoms with Gasteiger partial charge in [-0.25, -0.2) is 9.78 Å². The third-order valence-electron chi connectivity index (χ3n) is 6.38. The van der Waals surface area contributed by atoms with E-state index in [9.17, 15) is 19.5 Å². The van der Waals surface area contributed by atoms with Crippen molar-refractivity contribution >= 4 is 39.9 Å². The highest BCUT2D eigenvalue weighted by Gasteiger charge is 2.48. The number of esters is 1. The Morgan fingerprint density at radius 2 is 1.87 bits per heavy atom. The first kappa shape index (κ1) is 27.1. The summed E-state index contributed by atoms with van der Waals surface area (Å²) < 4.78 is 10.6. The minimum atomic E-state index is -0.943. The first-order valence-electron chi connectivity index (χ1n) is 12.5. The number of Topliss-reactive ketones (excluding diaryl/α,β-unsaturated/α-hetero) is 1. The molecule has 2 heterocycles. The number of carbonyl (C=O) groups excluding carboxylic acids is 3. The number of aliphatic hydroxyl groups is 1. The summed E-state index contributed by atoms with van der Waals surface area (Å²) in [6.07, 6.45) is 2.68. The van der Waals surface area contributed by atoms with Crippen LogP contribution in [0.1, 0.15) is 64.8 Å². The molecular weight excluding hydrogens is 504 g/mol. The summed E-state index contributed by atoms with van der Waals surface area (Å²) in [5.74, 6) is -2.00. The largest absolute Gasteiger partial charge is 0.507 e. The molecule has 9 heteroatoms. The predicted octanol–water partition coefficient (Wildman–Crippen LogP) is 5.61. The van der Waals surface area contributed by atoms with E-state index in [-0.39, 0.29) is 21.3 Å². The fraction of sp³-hybridized carbons (Fsp3) is 0.310. The molecule has 1 aliphatic rings. The minimum Gasteiger partial charge on any atom is -0.507 e. The molecule has 198 valence electrons. The number of unbranched alkanes of at least 4 members (excludes halogenated alkanes) is 1. The maximum Gasteiger partial charge on any atom is 0.350 e. The molecule has 0 radical (unpaired) electrons. The molecule has 1 amide bonds. The molecule has 1 unspecified atom stereocenters. The van der Waals surface area contributed by atoms with Gasteiger partial charge < -0.3 is 14.6 Å². The highest BCUT2D eigenvalue weighted by Crippen LogP contribution is 2.44. The average molecular weight is 535 g/mol. The smallest absolute Gasteiger partial charge is 0.350 e. The number of carbonyl (C=O) groups is 3. The standard InChI is InChI=1S/C29H30N2O6S/c1-5-7-15-37-21-10-8-9-20(16-21)24(32)22-23(19-13-11-18(6-2)12-14-19)31(27(34)25(22)33)29-30-17(3)26(38-29)28(35)36-4/h8-14,16,23,32H,5-7,15H2,1-4H3/b24-22+. The number of benzene rings is 2. The van der Waals surface area contributed by atoms with E-state index < -0.39 is 23.7 Å². The van der Waals surface area contributed by atoms with Crippen molar-refractivity contribution in [1.82, 2.24) is 4.98 Å². The number of methoxy groups -OCH3 is 1. The van der Waals surface area contributed by atoms with Crippen molar-refractivity contribution in [2.75, 3.05) is 18.6 Å². The Kier molecular flexibility index (Phi) is 8.26. The number of hydrogen-bond acceptors (Lipinski definition) is 8. The molecule has 3 aromatic rings. The molecule has 1 aromatic heterocycles. The first-order valence-corrected chi connectivity index (χ1v) is 13.3. The van der Waals surface area contributed by atoms with Crippen molar-refractivity contribution in [3.63, 3.8) is 0 Å². The topological polar surface area (TPSA) is 106 Å². The number of hydrogen-bond donors (Lipinski definition) is 1. The van der Waals surface area contributed by atoms with Crippen molar-refractivity contribution in [3.8, 4) is 5.75 Å². The summed E-state index contributed by atoms with van der Waals surface area (Å²) in [4.78, 5) is 45.0. The van der Waals surface area contributed by atoms with Crippen LogP contribution in [0.2, 0.25) is 0 Å². The van der Waals surface area contributed by atoms with Gasteiger partial charge in [0.1, 0.15) is 16.4 Å². The van der Waals surface area contributed by atoms with Gasteiger partial charge in [-0.1, -0.05) is 68.0 Å². The van der Waals surface area contributed by atoms with Gasteiger partial charge in [-0.15, -0.1) is 0 Å². The second kappa shape index (κ2) is 11.6. The van der Waals surface area contributed by atoms with Gasteiger partial charge in [-0.3, -0.25) is 14.5 Å². The molecule has 0 bridgehead atoms. The zero-order valence-electron chi connectivity index (χ0n) is 21.8. The van der Waals surface area contributed by atoms with Crippen LogP contribution in [0.3, 0.4) is 0 Å². The minimum absolute atomic E-state index is 0.0579. The Bertz CT molecular complexity index is 1390. The van der Waals surface area contributed by atoms with Crippen LogP contribution in [0.25, 0.3) is 5.76 Å². The maximum absolute atomic E-state index is 13.4. The number of aromatic nitrogens is 1. The van der Waals surface area contributed by atoms with Gasteiger partial charge in [0, 0.05) is 5.56 Å². The predicted molar refractivity (Wildman–Crippen MR) is 146 cm³/mol. The lowest BCUT2D eigenvalue weighted by atomic mass is 9.94.